The van der Waals surface area contributed by atoms with Gasteiger partial charge in [-0.2, -0.15) is 5.26 Å². The number of aliphatic carboxylic acids is 1. The Balaban J connectivity index is 2.74. The molecule has 1 aromatic rings. The number of carbonyl (C=O) groups is 2. The van der Waals surface area contributed by atoms with Gasteiger partial charge >= 0.3 is 5.97 Å². The number of hydrogen-bond donors (Lipinski definition) is 2. The maximum Gasteiger partial charge on any atom is 0.326 e. The molecule has 2 N–H and O–H groups in total. The van der Waals surface area contributed by atoms with Gasteiger partial charge in [-0.05, 0) is 17.7 Å². The van der Waals surface area contributed by atoms with Crippen LogP contribution in [0.1, 0.15) is 11.1 Å². The fourth-order valence-corrected chi connectivity index (χ4v) is 1.25. The highest BCUT2D eigenvalue weighted by molar-refractivity contribution is 5.76. The van der Waals surface area contributed by atoms with Gasteiger partial charge in [0, 0.05) is 6.42 Å². The van der Waals surface area contributed by atoms with Crippen LogP contribution in [-0.4, -0.2) is 23.5 Å². The molecule has 1 rings (SSSR count). The molecule has 0 saturated heterocycles. The van der Waals surface area contributed by atoms with E-state index in [9.17, 15) is 9.59 Å². The van der Waals surface area contributed by atoms with Crippen molar-refractivity contribution in [3.63, 3.8) is 0 Å². The Labute approximate surface area is 92.3 Å². The smallest absolute Gasteiger partial charge is 0.326 e. The van der Waals surface area contributed by atoms with Gasteiger partial charge in [-0.3, -0.25) is 4.79 Å². The molecule has 0 aromatic heterocycles. The second-order valence-electron chi connectivity index (χ2n) is 3.19. The quantitative estimate of drug-likeness (QED) is 0.695. The van der Waals surface area contributed by atoms with Crippen molar-refractivity contribution in [3.8, 4) is 6.07 Å². The second kappa shape index (κ2) is 5.51. The number of nitrogens with one attached hydrogen (secondary N) is 1. The predicted octanol–water partition coefficient (Wildman–Crippen LogP) is 0.300. The lowest BCUT2D eigenvalue weighted by molar-refractivity contribution is -0.140. The summed E-state index contributed by atoms with van der Waals surface area (Å²) in [5.74, 6) is -1.09. The van der Waals surface area contributed by atoms with Crippen LogP contribution in [0.4, 0.5) is 0 Å². The van der Waals surface area contributed by atoms with Crippen LogP contribution in [-0.2, 0) is 16.0 Å². The minimum absolute atomic E-state index is 0.194. The zero-order chi connectivity index (χ0) is 12.0. The Hall–Kier alpha value is -2.35. The Morgan fingerprint density at radius 3 is 2.56 bits per heavy atom. The molecule has 0 spiro atoms. The SMILES string of the molecule is N#Cc1ccc(CC(NC=O)C(=O)O)cc1. The molecule has 0 bridgehead atoms. The average molecular weight is 218 g/mol. The first-order chi connectivity index (χ1) is 7.67. The molecule has 0 heterocycles. The van der Waals surface area contributed by atoms with Crippen LogP contribution < -0.4 is 5.32 Å². The van der Waals surface area contributed by atoms with Crippen molar-refractivity contribution in [1.29, 1.82) is 5.26 Å². The molecular weight excluding hydrogens is 208 g/mol. The lowest BCUT2D eigenvalue weighted by Gasteiger charge is -2.10. The fraction of sp³-hybridized carbons (Fsp3) is 0.182. The van der Waals surface area contributed by atoms with E-state index < -0.39 is 12.0 Å². The molecule has 1 unspecified atom stereocenters. The molecule has 0 aliphatic carbocycles. The van der Waals surface area contributed by atoms with E-state index in [0.29, 0.717) is 12.0 Å². The van der Waals surface area contributed by atoms with E-state index in [1.165, 1.54) is 0 Å². The summed E-state index contributed by atoms with van der Waals surface area (Å²) in [7, 11) is 0. The number of carboxylic acid groups (broad SMARTS) is 1. The summed E-state index contributed by atoms with van der Waals surface area (Å²) in [6, 6.07) is 7.58. The molecule has 1 atom stereocenters. The van der Waals surface area contributed by atoms with Gasteiger partial charge in [0.15, 0.2) is 0 Å². The molecule has 5 nitrogen and oxygen atoms in total. The van der Waals surface area contributed by atoms with E-state index in [4.69, 9.17) is 10.4 Å². The number of hydrogen-bond acceptors (Lipinski definition) is 3. The Kier molecular flexibility index (Phi) is 4.04. The molecule has 1 aromatic carbocycles. The number of amides is 1. The number of nitriles is 1. The summed E-state index contributed by atoms with van der Waals surface area (Å²) in [4.78, 5) is 20.9. The van der Waals surface area contributed by atoms with Crippen LogP contribution in [0.5, 0.6) is 0 Å². The normalized spacial score (nSPS) is 11.2. The standard InChI is InChI=1S/C11H10N2O3/c12-6-9-3-1-8(2-4-9)5-10(11(15)16)13-7-14/h1-4,7,10H,5H2,(H,13,14)(H,15,16). The molecule has 16 heavy (non-hydrogen) atoms. The molecule has 0 aliphatic heterocycles. The Morgan fingerprint density at radius 2 is 2.12 bits per heavy atom. The minimum Gasteiger partial charge on any atom is -0.480 e. The molecule has 0 saturated carbocycles. The molecule has 0 fully saturated rings. The van der Waals surface area contributed by atoms with Gasteiger partial charge in [-0.25, -0.2) is 4.79 Å². The highest BCUT2D eigenvalue weighted by Gasteiger charge is 2.16. The monoisotopic (exact) mass is 218 g/mol. The van der Waals surface area contributed by atoms with Crippen LogP contribution in [0.25, 0.3) is 0 Å². The van der Waals surface area contributed by atoms with E-state index in [0.717, 1.165) is 5.56 Å². The summed E-state index contributed by atoms with van der Waals surface area (Å²) in [6.45, 7) is 0. The number of nitrogens with zero attached hydrogens (tertiary/aromatic N) is 1. The lowest BCUT2D eigenvalue weighted by atomic mass is 10.0. The lowest BCUT2D eigenvalue weighted by Crippen LogP contribution is -2.37. The van der Waals surface area contributed by atoms with E-state index in [1.807, 2.05) is 6.07 Å². The molecule has 82 valence electrons. The van der Waals surface area contributed by atoms with Crippen molar-refractivity contribution in [2.75, 3.05) is 0 Å². The number of benzene rings is 1. The highest BCUT2D eigenvalue weighted by atomic mass is 16.4. The van der Waals surface area contributed by atoms with Gasteiger partial charge in [0.2, 0.25) is 6.41 Å². The van der Waals surface area contributed by atoms with Gasteiger partial charge < -0.3 is 10.4 Å². The molecular formula is C11H10N2O3. The Bertz CT molecular complexity index is 420. The predicted molar refractivity (Wildman–Crippen MR) is 55.5 cm³/mol. The first-order valence-electron chi connectivity index (χ1n) is 4.59. The number of rotatable bonds is 5. The van der Waals surface area contributed by atoms with Crippen molar-refractivity contribution in [1.82, 2.24) is 5.32 Å². The van der Waals surface area contributed by atoms with E-state index in [-0.39, 0.29) is 6.42 Å². The van der Waals surface area contributed by atoms with Crippen LogP contribution >= 0.6 is 0 Å². The van der Waals surface area contributed by atoms with Crippen molar-refractivity contribution in [2.24, 2.45) is 0 Å². The maximum atomic E-state index is 10.7. The first-order valence-corrected chi connectivity index (χ1v) is 4.59. The topological polar surface area (TPSA) is 90.2 Å². The van der Waals surface area contributed by atoms with E-state index in [2.05, 4.69) is 5.32 Å². The second-order valence-corrected chi connectivity index (χ2v) is 3.19. The fourth-order valence-electron chi connectivity index (χ4n) is 1.25. The van der Waals surface area contributed by atoms with Gasteiger partial charge in [0.25, 0.3) is 0 Å². The third-order valence-electron chi connectivity index (χ3n) is 2.09. The van der Waals surface area contributed by atoms with Gasteiger partial charge in [-0.1, -0.05) is 12.1 Å². The van der Waals surface area contributed by atoms with Crippen molar-refractivity contribution in [3.05, 3.63) is 35.4 Å². The summed E-state index contributed by atoms with van der Waals surface area (Å²) in [5.41, 5.74) is 1.26. The van der Waals surface area contributed by atoms with E-state index >= 15 is 0 Å². The molecule has 0 aliphatic rings. The van der Waals surface area contributed by atoms with Gasteiger partial charge in [-0.15, -0.1) is 0 Å². The highest BCUT2D eigenvalue weighted by Crippen LogP contribution is 2.06. The maximum absolute atomic E-state index is 10.7. The summed E-state index contributed by atoms with van der Waals surface area (Å²) < 4.78 is 0. The van der Waals surface area contributed by atoms with E-state index in [1.54, 1.807) is 24.3 Å². The van der Waals surface area contributed by atoms with Gasteiger partial charge in [0.05, 0.1) is 11.6 Å². The van der Waals surface area contributed by atoms with Crippen molar-refractivity contribution >= 4 is 12.4 Å². The van der Waals surface area contributed by atoms with Crippen LogP contribution in [0.3, 0.4) is 0 Å². The third-order valence-corrected chi connectivity index (χ3v) is 2.09. The molecule has 0 radical (unpaired) electrons. The third kappa shape index (κ3) is 3.10. The zero-order valence-electron chi connectivity index (χ0n) is 8.38. The largest absolute Gasteiger partial charge is 0.480 e. The van der Waals surface area contributed by atoms with Crippen LogP contribution in [0.2, 0.25) is 0 Å². The summed E-state index contributed by atoms with van der Waals surface area (Å²) in [6.07, 6.45) is 0.558. The van der Waals surface area contributed by atoms with Crippen LogP contribution in [0.15, 0.2) is 24.3 Å². The van der Waals surface area contributed by atoms with Gasteiger partial charge in [0.1, 0.15) is 6.04 Å². The zero-order valence-corrected chi connectivity index (χ0v) is 8.38. The number of carboxylic acids is 1. The first kappa shape index (κ1) is 11.7. The van der Waals surface area contributed by atoms with Crippen molar-refractivity contribution < 1.29 is 14.7 Å². The average Bonchev–Trinajstić information content (AvgIpc) is 2.29. The van der Waals surface area contributed by atoms with Crippen molar-refractivity contribution in [2.45, 2.75) is 12.5 Å². The summed E-state index contributed by atoms with van der Waals surface area (Å²) >= 11 is 0. The summed E-state index contributed by atoms with van der Waals surface area (Å²) in [5, 5.41) is 19.6. The number of carbonyl (C=O) groups excluding carboxylic acids is 1. The Morgan fingerprint density at radius 1 is 1.50 bits per heavy atom. The minimum atomic E-state index is -1.09. The molecule has 1 amide bonds. The van der Waals surface area contributed by atoms with Crippen LogP contribution in [0, 0.1) is 11.3 Å². The molecule has 5 heteroatoms.